The van der Waals surface area contributed by atoms with Crippen LogP contribution in [0.15, 0.2) is 18.2 Å². The number of nitriles is 1. The van der Waals surface area contributed by atoms with Gasteiger partial charge in [-0.15, -0.1) is 0 Å². The highest BCUT2D eigenvalue weighted by Crippen LogP contribution is 2.27. The average molecular weight is 266 g/mol. The molecule has 1 amide bonds. The summed E-state index contributed by atoms with van der Waals surface area (Å²) in [6.07, 6.45) is 0.630. The van der Waals surface area contributed by atoms with E-state index in [2.05, 4.69) is 5.32 Å². The molecule has 96 valence electrons. The smallest absolute Gasteiger partial charge is 0.231 e. The zero-order chi connectivity index (χ0) is 13.8. The molecule has 1 atom stereocenters. The van der Waals surface area contributed by atoms with Crippen LogP contribution in [0.4, 0.5) is 5.69 Å². The fourth-order valence-corrected chi connectivity index (χ4v) is 1.53. The van der Waals surface area contributed by atoms with Gasteiger partial charge in [0.1, 0.15) is 0 Å². The second kappa shape index (κ2) is 5.85. The van der Waals surface area contributed by atoms with Crippen LogP contribution in [0.1, 0.15) is 25.8 Å². The molecule has 0 heterocycles. The van der Waals surface area contributed by atoms with E-state index in [1.807, 2.05) is 13.0 Å². The molecule has 3 N–H and O–H groups in total. The second-order valence-electron chi connectivity index (χ2n) is 4.38. The minimum atomic E-state index is -0.633. The van der Waals surface area contributed by atoms with Crippen LogP contribution in [0.25, 0.3) is 0 Å². The van der Waals surface area contributed by atoms with Crippen molar-refractivity contribution in [2.24, 2.45) is 11.1 Å². The first-order chi connectivity index (χ1) is 8.46. The predicted molar refractivity (Wildman–Crippen MR) is 72.2 cm³/mol. The number of benzene rings is 1. The van der Waals surface area contributed by atoms with E-state index in [0.717, 1.165) is 0 Å². The van der Waals surface area contributed by atoms with Crippen molar-refractivity contribution < 1.29 is 4.79 Å². The van der Waals surface area contributed by atoms with Gasteiger partial charge in [0.05, 0.1) is 27.8 Å². The third-order valence-corrected chi connectivity index (χ3v) is 3.45. The van der Waals surface area contributed by atoms with Gasteiger partial charge in [-0.1, -0.05) is 18.5 Å². The summed E-state index contributed by atoms with van der Waals surface area (Å²) < 4.78 is 0. The van der Waals surface area contributed by atoms with Crippen molar-refractivity contribution in [1.29, 1.82) is 5.26 Å². The Kier molecular flexibility index (Phi) is 4.71. The van der Waals surface area contributed by atoms with Crippen LogP contribution in [0.3, 0.4) is 0 Å². The molecule has 1 aromatic rings. The first-order valence-electron chi connectivity index (χ1n) is 5.68. The zero-order valence-electron chi connectivity index (χ0n) is 10.5. The number of amides is 1. The molecule has 0 aliphatic carbocycles. The van der Waals surface area contributed by atoms with Crippen LogP contribution in [0.5, 0.6) is 0 Å². The number of carbonyl (C=O) groups excluding carboxylic acids is 1. The third kappa shape index (κ3) is 3.00. The highest BCUT2D eigenvalue weighted by molar-refractivity contribution is 6.33. The topological polar surface area (TPSA) is 78.9 Å². The summed E-state index contributed by atoms with van der Waals surface area (Å²) in [5.41, 5.74) is 5.87. The molecule has 0 spiro atoms. The zero-order valence-corrected chi connectivity index (χ0v) is 11.2. The highest BCUT2D eigenvalue weighted by atomic mass is 35.5. The van der Waals surface area contributed by atoms with Crippen LogP contribution in [0.2, 0.25) is 5.02 Å². The summed E-state index contributed by atoms with van der Waals surface area (Å²) in [7, 11) is 0. The number of nitrogens with zero attached hydrogens (tertiary/aromatic N) is 1. The third-order valence-electron chi connectivity index (χ3n) is 3.12. The molecule has 4 nitrogen and oxygen atoms in total. The summed E-state index contributed by atoms with van der Waals surface area (Å²) in [6, 6.07) is 6.73. The van der Waals surface area contributed by atoms with Gasteiger partial charge >= 0.3 is 0 Å². The van der Waals surface area contributed by atoms with E-state index >= 15 is 0 Å². The van der Waals surface area contributed by atoms with E-state index in [0.29, 0.717) is 22.7 Å². The number of halogens is 1. The lowest BCUT2D eigenvalue weighted by Crippen LogP contribution is -2.39. The van der Waals surface area contributed by atoms with Crippen LogP contribution >= 0.6 is 11.6 Å². The van der Waals surface area contributed by atoms with Gasteiger partial charge in [0.25, 0.3) is 0 Å². The Hall–Kier alpha value is -1.57. The van der Waals surface area contributed by atoms with Gasteiger partial charge in [-0.05, 0) is 31.5 Å². The van der Waals surface area contributed by atoms with E-state index in [1.54, 1.807) is 25.1 Å². The van der Waals surface area contributed by atoms with Gasteiger partial charge in [0.2, 0.25) is 5.91 Å². The average Bonchev–Trinajstić information content (AvgIpc) is 2.40. The molecule has 1 aromatic carbocycles. The lowest BCUT2D eigenvalue weighted by molar-refractivity contribution is -0.124. The van der Waals surface area contributed by atoms with E-state index in [9.17, 15) is 4.79 Å². The fraction of sp³-hybridized carbons (Fsp3) is 0.385. The number of hydrogen-bond donors (Lipinski definition) is 2. The van der Waals surface area contributed by atoms with Crippen molar-refractivity contribution in [3.63, 3.8) is 0 Å². The minimum Gasteiger partial charge on any atom is -0.329 e. The Morgan fingerprint density at radius 2 is 2.28 bits per heavy atom. The first-order valence-corrected chi connectivity index (χ1v) is 6.06. The number of carbonyl (C=O) groups is 1. The second-order valence-corrected chi connectivity index (χ2v) is 4.79. The molecule has 1 rings (SSSR count). The fourth-order valence-electron chi connectivity index (χ4n) is 1.36. The lowest BCUT2D eigenvalue weighted by atomic mass is 9.86. The Balaban J connectivity index is 2.98. The molecule has 5 heteroatoms. The molecule has 0 saturated carbocycles. The lowest BCUT2D eigenvalue weighted by Gasteiger charge is -2.25. The van der Waals surface area contributed by atoms with Gasteiger partial charge in [-0.25, -0.2) is 0 Å². The minimum absolute atomic E-state index is 0.190. The van der Waals surface area contributed by atoms with Crippen molar-refractivity contribution in [2.75, 3.05) is 11.9 Å². The van der Waals surface area contributed by atoms with E-state index in [4.69, 9.17) is 22.6 Å². The molecular formula is C13H16ClN3O. The molecular weight excluding hydrogens is 250 g/mol. The summed E-state index contributed by atoms with van der Waals surface area (Å²) in [6.45, 7) is 3.95. The number of anilines is 1. The monoisotopic (exact) mass is 265 g/mol. The van der Waals surface area contributed by atoms with Crippen molar-refractivity contribution in [3.05, 3.63) is 28.8 Å². The van der Waals surface area contributed by atoms with E-state index in [1.165, 1.54) is 0 Å². The molecule has 0 aromatic heterocycles. The number of rotatable bonds is 4. The normalized spacial score (nSPS) is 13.5. The summed E-state index contributed by atoms with van der Waals surface area (Å²) in [5.74, 6) is -0.190. The van der Waals surface area contributed by atoms with Crippen LogP contribution in [-0.4, -0.2) is 12.5 Å². The SMILES string of the molecule is CCC(C)(CN)C(=O)Nc1cc(C#N)ccc1Cl. The molecule has 0 saturated heterocycles. The van der Waals surface area contributed by atoms with E-state index in [-0.39, 0.29) is 12.5 Å². The maximum absolute atomic E-state index is 12.1. The van der Waals surface area contributed by atoms with Gasteiger partial charge in [-0.3, -0.25) is 4.79 Å². The maximum atomic E-state index is 12.1. The van der Waals surface area contributed by atoms with E-state index < -0.39 is 5.41 Å². The predicted octanol–water partition coefficient (Wildman–Crippen LogP) is 2.53. The Labute approximate surface area is 112 Å². The number of nitrogens with two attached hydrogens (primary N) is 1. The van der Waals surface area contributed by atoms with Gasteiger partial charge in [0, 0.05) is 6.54 Å². The number of hydrogen-bond acceptors (Lipinski definition) is 3. The van der Waals surface area contributed by atoms with Crippen molar-refractivity contribution in [3.8, 4) is 6.07 Å². The Bertz CT molecular complexity index is 489. The van der Waals surface area contributed by atoms with Gasteiger partial charge in [0.15, 0.2) is 0 Å². The standard InChI is InChI=1S/C13H16ClN3O/c1-3-13(2,8-16)12(18)17-11-6-9(7-15)4-5-10(11)14/h4-6H,3,8,16H2,1-2H3,(H,17,18). The molecule has 18 heavy (non-hydrogen) atoms. The molecule has 0 fully saturated rings. The molecule has 0 aliphatic rings. The maximum Gasteiger partial charge on any atom is 0.231 e. The van der Waals surface area contributed by atoms with Crippen molar-refractivity contribution in [2.45, 2.75) is 20.3 Å². The summed E-state index contributed by atoms with van der Waals surface area (Å²) in [5, 5.41) is 11.9. The molecule has 0 bridgehead atoms. The Morgan fingerprint density at radius 3 is 2.78 bits per heavy atom. The quantitative estimate of drug-likeness (QED) is 0.878. The van der Waals surface area contributed by atoms with Gasteiger partial charge < -0.3 is 11.1 Å². The summed E-state index contributed by atoms with van der Waals surface area (Å²) >= 11 is 5.98. The number of nitrogens with one attached hydrogen (secondary N) is 1. The van der Waals surface area contributed by atoms with Crippen LogP contribution in [-0.2, 0) is 4.79 Å². The Morgan fingerprint density at radius 1 is 1.61 bits per heavy atom. The van der Waals surface area contributed by atoms with Crippen LogP contribution < -0.4 is 11.1 Å². The van der Waals surface area contributed by atoms with Crippen molar-refractivity contribution >= 4 is 23.2 Å². The highest BCUT2D eigenvalue weighted by Gasteiger charge is 2.30. The van der Waals surface area contributed by atoms with Crippen LogP contribution in [0, 0.1) is 16.7 Å². The van der Waals surface area contributed by atoms with Gasteiger partial charge in [-0.2, -0.15) is 5.26 Å². The molecule has 0 radical (unpaired) electrons. The largest absolute Gasteiger partial charge is 0.329 e. The molecule has 1 unspecified atom stereocenters. The molecule has 0 aliphatic heterocycles. The van der Waals surface area contributed by atoms with Crippen molar-refractivity contribution in [1.82, 2.24) is 0 Å². The summed E-state index contributed by atoms with van der Waals surface area (Å²) in [4.78, 5) is 12.1. The first kappa shape index (κ1) is 14.5.